The van der Waals surface area contributed by atoms with E-state index in [1.165, 1.54) is 4.90 Å². The Kier molecular flexibility index (Phi) is 4.59. The van der Waals surface area contributed by atoms with Gasteiger partial charge in [0.25, 0.3) is 11.7 Å². The molecule has 0 radical (unpaired) electrons. The van der Waals surface area contributed by atoms with Crippen LogP contribution in [0.25, 0.3) is 5.76 Å². The van der Waals surface area contributed by atoms with E-state index in [-0.39, 0.29) is 11.3 Å². The smallest absolute Gasteiger partial charge is 0.300 e. The van der Waals surface area contributed by atoms with E-state index in [4.69, 9.17) is 4.42 Å². The van der Waals surface area contributed by atoms with Crippen LogP contribution in [0.2, 0.25) is 0 Å². The monoisotopic (exact) mass is 387 g/mol. The molecule has 3 aromatic rings. The van der Waals surface area contributed by atoms with E-state index in [1.807, 2.05) is 44.2 Å². The number of carbonyl (C=O) groups excluding carboxylic acids is 2. The number of aryl methyl sites for hydroxylation is 3. The standard InChI is InChI=1S/C24H21NO4/c1-14-7-10-17(11-8-14)22(26)20-21(19-12-9-16(3)29-19)25(24(28)23(20)27)18-6-4-5-15(2)13-18/h4-13,21,26H,1-3H3/b22-20-. The summed E-state index contributed by atoms with van der Waals surface area (Å²) in [6, 6.07) is 17.2. The fourth-order valence-electron chi connectivity index (χ4n) is 3.61. The highest BCUT2D eigenvalue weighted by molar-refractivity contribution is 6.51. The van der Waals surface area contributed by atoms with Gasteiger partial charge in [0.05, 0.1) is 5.57 Å². The van der Waals surface area contributed by atoms with Crippen molar-refractivity contribution in [1.82, 2.24) is 0 Å². The van der Waals surface area contributed by atoms with E-state index in [1.54, 1.807) is 37.3 Å². The lowest BCUT2D eigenvalue weighted by Gasteiger charge is -2.23. The van der Waals surface area contributed by atoms with Gasteiger partial charge in [-0.2, -0.15) is 0 Å². The van der Waals surface area contributed by atoms with Crippen LogP contribution in [0, 0.1) is 20.8 Å². The summed E-state index contributed by atoms with van der Waals surface area (Å²) >= 11 is 0. The molecule has 1 aliphatic rings. The fraction of sp³-hybridized carbons (Fsp3) is 0.167. The van der Waals surface area contributed by atoms with Gasteiger partial charge in [-0.1, -0.05) is 42.0 Å². The third-order valence-electron chi connectivity index (χ3n) is 5.08. The fourth-order valence-corrected chi connectivity index (χ4v) is 3.61. The third kappa shape index (κ3) is 3.25. The van der Waals surface area contributed by atoms with Gasteiger partial charge in [-0.25, -0.2) is 0 Å². The van der Waals surface area contributed by atoms with Gasteiger partial charge < -0.3 is 9.52 Å². The van der Waals surface area contributed by atoms with Crippen molar-refractivity contribution in [2.45, 2.75) is 26.8 Å². The van der Waals surface area contributed by atoms with Gasteiger partial charge in [-0.15, -0.1) is 0 Å². The van der Waals surface area contributed by atoms with E-state index in [9.17, 15) is 14.7 Å². The minimum atomic E-state index is -0.841. The quantitative estimate of drug-likeness (QED) is 0.397. The Morgan fingerprint density at radius 1 is 0.931 bits per heavy atom. The maximum absolute atomic E-state index is 13.0. The number of nitrogens with zero attached hydrogens (tertiary/aromatic N) is 1. The van der Waals surface area contributed by atoms with Gasteiger partial charge in [0.15, 0.2) is 0 Å². The SMILES string of the molecule is Cc1ccc(/C(O)=C2/C(=O)C(=O)N(c3cccc(C)c3)C2c2ccc(C)o2)cc1. The van der Waals surface area contributed by atoms with Gasteiger partial charge in [0.2, 0.25) is 0 Å². The van der Waals surface area contributed by atoms with Gasteiger partial charge >= 0.3 is 0 Å². The largest absolute Gasteiger partial charge is 0.507 e. The minimum absolute atomic E-state index is 0.0229. The third-order valence-corrected chi connectivity index (χ3v) is 5.08. The molecule has 1 amide bonds. The van der Waals surface area contributed by atoms with Crippen LogP contribution in [0.3, 0.4) is 0 Å². The van der Waals surface area contributed by atoms with Gasteiger partial charge in [-0.05, 0) is 50.6 Å². The summed E-state index contributed by atoms with van der Waals surface area (Å²) in [6.45, 7) is 5.65. The summed E-state index contributed by atoms with van der Waals surface area (Å²) in [7, 11) is 0. The molecule has 1 aliphatic heterocycles. The summed E-state index contributed by atoms with van der Waals surface area (Å²) in [5, 5.41) is 11.0. The van der Waals surface area contributed by atoms with Crippen LogP contribution < -0.4 is 4.90 Å². The number of furan rings is 1. The minimum Gasteiger partial charge on any atom is -0.507 e. The van der Waals surface area contributed by atoms with Crippen molar-refractivity contribution in [1.29, 1.82) is 0 Å². The van der Waals surface area contributed by atoms with Gasteiger partial charge in [0, 0.05) is 11.3 Å². The summed E-state index contributed by atoms with van der Waals surface area (Å²) < 4.78 is 5.79. The summed E-state index contributed by atoms with van der Waals surface area (Å²) in [5.41, 5.74) is 3.06. The number of benzene rings is 2. The Labute approximate surface area is 168 Å². The van der Waals surface area contributed by atoms with Crippen LogP contribution in [0.15, 0.2) is 70.7 Å². The van der Waals surface area contributed by atoms with Crippen LogP contribution >= 0.6 is 0 Å². The van der Waals surface area contributed by atoms with Crippen molar-refractivity contribution in [3.05, 3.63) is 94.4 Å². The molecule has 0 aliphatic carbocycles. The van der Waals surface area contributed by atoms with Crippen molar-refractivity contribution in [3.63, 3.8) is 0 Å². The zero-order chi connectivity index (χ0) is 20.7. The predicted octanol–water partition coefficient (Wildman–Crippen LogP) is 4.83. The maximum Gasteiger partial charge on any atom is 0.300 e. The van der Waals surface area contributed by atoms with Crippen molar-refractivity contribution in [3.8, 4) is 0 Å². The highest BCUT2D eigenvalue weighted by Crippen LogP contribution is 2.42. The van der Waals surface area contributed by atoms with Crippen molar-refractivity contribution >= 4 is 23.1 Å². The molecule has 5 nitrogen and oxygen atoms in total. The predicted molar refractivity (Wildman–Crippen MR) is 111 cm³/mol. The highest BCUT2D eigenvalue weighted by Gasteiger charge is 2.48. The molecular formula is C24H21NO4. The van der Waals surface area contributed by atoms with Crippen molar-refractivity contribution < 1.29 is 19.1 Å². The van der Waals surface area contributed by atoms with Gasteiger partial charge in [0.1, 0.15) is 23.3 Å². The first-order valence-electron chi connectivity index (χ1n) is 9.38. The molecule has 1 saturated heterocycles. The normalized spacial score (nSPS) is 18.4. The molecular weight excluding hydrogens is 366 g/mol. The molecule has 29 heavy (non-hydrogen) atoms. The first-order valence-corrected chi connectivity index (χ1v) is 9.38. The number of Topliss-reactive ketones (excluding diaryl/α,β-unsaturated/α-hetero) is 1. The van der Waals surface area contributed by atoms with E-state index in [2.05, 4.69) is 0 Å². The molecule has 0 bridgehead atoms. The number of anilines is 1. The first-order chi connectivity index (χ1) is 13.9. The van der Waals surface area contributed by atoms with Crippen LogP contribution in [0.1, 0.15) is 34.3 Å². The lowest BCUT2D eigenvalue weighted by Crippen LogP contribution is -2.29. The second kappa shape index (κ2) is 7.09. The number of rotatable bonds is 3. The second-order valence-corrected chi connectivity index (χ2v) is 7.32. The average Bonchev–Trinajstić information content (AvgIpc) is 3.23. The van der Waals surface area contributed by atoms with Crippen molar-refractivity contribution in [2.75, 3.05) is 4.90 Å². The molecule has 1 atom stereocenters. The number of hydrogen-bond donors (Lipinski definition) is 1. The Balaban J connectivity index is 1.94. The maximum atomic E-state index is 13.0. The number of amides is 1. The summed E-state index contributed by atoms with van der Waals surface area (Å²) in [5.74, 6) is -0.550. The van der Waals surface area contributed by atoms with E-state index >= 15 is 0 Å². The van der Waals surface area contributed by atoms with E-state index in [0.717, 1.165) is 11.1 Å². The second-order valence-electron chi connectivity index (χ2n) is 7.32. The molecule has 0 spiro atoms. The Morgan fingerprint density at radius 3 is 2.28 bits per heavy atom. The van der Waals surface area contributed by atoms with Crippen LogP contribution in [0.5, 0.6) is 0 Å². The number of aliphatic hydroxyl groups is 1. The molecule has 1 fully saturated rings. The lowest BCUT2D eigenvalue weighted by molar-refractivity contribution is -0.132. The topological polar surface area (TPSA) is 70.8 Å². The Bertz CT molecular complexity index is 1140. The number of aliphatic hydroxyl groups excluding tert-OH is 1. The molecule has 0 saturated carbocycles. The summed E-state index contributed by atoms with van der Waals surface area (Å²) in [6.07, 6.45) is 0. The Hall–Kier alpha value is -3.60. The Morgan fingerprint density at radius 2 is 1.66 bits per heavy atom. The molecule has 4 rings (SSSR count). The number of hydrogen-bond acceptors (Lipinski definition) is 4. The lowest BCUT2D eigenvalue weighted by atomic mass is 9.98. The number of carbonyl (C=O) groups is 2. The molecule has 146 valence electrons. The van der Waals surface area contributed by atoms with Crippen LogP contribution in [-0.4, -0.2) is 16.8 Å². The molecule has 1 unspecified atom stereocenters. The molecule has 1 N–H and O–H groups in total. The molecule has 5 heteroatoms. The van der Waals surface area contributed by atoms with Crippen LogP contribution in [-0.2, 0) is 9.59 Å². The first kappa shape index (κ1) is 18.7. The average molecular weight is 387 g/mol. The zero-order valence-corrected chi connectivity index (χ0v) is 16.5. The highest BCUT2D eigenvalue weighted by atomic mass is 16.3. The molecule has 2 heterocycles. The molecule has 1 aromatic heterocycles. The van der Waals surface area contributed by atoms with E-state index in [0.29, 0.717) is 22.8 Å². The zero-order valence-electron chi connectivity index (χ0n) is 16.5. The van der Waals surface area contributed by atoms with Crippen LogP contribution in [0.4, 0.5) is 5.69 Å². The van der Waals surface area contributed by atoms with Gasteiger partial charge in [-0.3, -0.25) is 14.5 Å². The van der Waals surface area contributed by atoms with E-state index < -0.39 is 17.7 Å². The van der Waals surface area contributed by atoms with Crippen molar-refractivity contribution in [2.24, 2.45) is 0 Å². The summed E-state index contributed by atoms with van der Waals surface area (Å²) in [4.78, 5) is 27.4. The number of ketones is 1. The molecule has 2 aromatic carbocycles.